The van der Waals surface area contributed by atoms with Gasteiger partial charge in [-0.1, -0.05) is 30.3 Å². The average molecular weight is 284 g/mol. The van der Waals surface area contributed by atoms with Crippen molar-refractivity contribution in [3.8, 4) is 6.07 Å². The van der Waals surface area contributed by atoms with Crippen LogP contribution in [-0.2, 0) is 6.54 Å². The van der Waals surface area contributed by atoms with Crippen molar-refractivity contribution >= 4 is 11.8 Å². The molecule has 2 aromatic rings. The van der Waals surface area contributed by atoms with E-state index < -0.39 is 0 Å². The normalized spacial score (nSPS) is 10.4. The van der Waals surface area contributed by atoms with Crippen LogP contribution in [0.25, 0.3) is 0 Å². The number of nitriles is 1. The maximum absolute atomic E-state index is 8.95. The Morgan fingerprint density at radius 3 is 2.70 bits per heavy atom. The van der Waals surface area contributed by atoms with Crippen molar-refractivity contribution in [1.82, 2.24) is 14.9 Å². The minimum absolute atomic E-state index is 0.406. The van der Waals surface area contributed by atoms with E-state index in [0.29, 0.717) is 10.7 Å². The van der Waals surface area contributed by atoms with E-state index in [-0.39, 0.29) is 0 Å². The van der Waals surface area contributed by atoms with Crippen LogP contribution >= 0.6 is 11.8 Å². The molecule has 0 aliphatic heterocycles. The molecule has 20 heavy (non-hydrogen) atoms. The Morgan fingerprint density at radius 1 is 1.20 bits per heavy atom. The fourth-order valence-electron chi connectivity index (χ4n) is 1.78. The van der Waals surface area contributed by atoms with Gasteiger partial charge in [-0.05, 0) is 12.6 Å². The van der Waals surface area contributed by atoms with Gasteiger partial charge in [0.05, 0.1) is 0 Å². The fourth-order valence-corrected chi connectivity index (χ4v) is 2.75. The van der Waals surface area contributed by atoms with E-state index >= 15 is 0 Å². The van der Waals surface area contributed by atoms with Crippen LogP contribution in [-0.4, -0.2) is 34.2 Å². The number of rotatable bonds is 6. The van der Waals surface area contributed by atoms with Crippen LogP contribution in [0.3, 0.4) is 0 Å². The minimum Gasteiger partial charge on any atom is -0.301 e. The van der Waals surface area contributed by atoms with E-state index in [9.17, 15) is 0 Å². The molecule has 0 unspecified atom stereocenters. The highest BCUT2D eigenvalue weighted by Crippen LogP contribution is 2.17. The summed E-state index contributed by atoms with van der Waals surface area (Å²) in [6.45, 7) is 1.86. The molecule has 0 saturated heterocycles. The molecular weight excluding hydrogens is 268 g/mol. The van der Waals surface area contributed by atoms with E-state index in [2.05, 4.69) is 52.3 Å². The zero-order valence-corrected chi connectivity index (χ0v) is 12.2. The topological polar surface area (TPSA) is 52.8 Å². The first-order chi connectivity index (χ1) is 9.79. The first kappa shape index (κ1) is 14.5. The second-order valence-corrected chi connectivity index (χ2v) is 5.48. The van der Waals surface area contributed by atoms with E-state index in [1.54, 1.807) is 24.2 Å². The average Bonchev–Trinajstić information content (AvgIpc) is 2.49. The molecule has 0 atom stereocenters. The van der Waals surface area contributed by atoms with E-state index in [1.165, 1.54) is 5.56 Å². The van der Waals surface area contributed by atoms with Crippen LogP contribution < -0.4 is 0 Å². The predicted octanol–water partition coefficient (Wildman–Crippen LogP) is 2.57. The second-order valence-electron chi connectivity index (χ2n) is 4.39. The van der Waals surface area contributed by atoms with Gasteiger partial charge in [-0.15, -0.1) is 11.8 Å². The van der Waals surface area contributed by atoms with Crippen LogP contribution in [0.2, 0.25) is 0 Å². The molecule has 0 spiro atoms. The van der Waals surface area contributed by atoms with Gasteiger partial charge in [0.15, 0.2) is 5.69 Å². The molecule has 0 radical (unpaired) electrons. The Bertz CT molecular complexity index is 580. The van der Waals surface area contributed by atoms with Crippen molar-refractivity contribution in [2.75, 3.05) is 19.3 Å². The second kappa shape index (κ2) is 7.63. The van der Waals surface area contributed by atoms with Gasteiger partial charge >= 0.3 is 0 Å². The summed E-state index contributed by atoms with van der Waals surface area (Å²) in [4.78, 5) is 10.4. The SMILES string of the molecule is CN(CCSc1nccnc1C#N)Cc1ccccc1. The zero-order valence-electron chi connectivity index (χ0n) is 11.4. The number of thioether (sulfide) groups is 1. The molecule has 1 aromatic heterocycles. The minimum atomic E-state index is 0.406. The van der Waals surface area contributed by atoms with Crippen molar-refractivity contribution in [2.24, 2.45) is 0 Å². The van der Waals surface area contributed by atoms with E-state index in [4.69, 9.17) is 5.26 Å². The number of aromatic nitrogens is 2. The number of benzene rings is 1. The number of hydrogen-bond acceptors (Lipinski definition) is 5. The lowest BCUT2D eigenvalue weighted by Gasteiger charge is -2.16. The van der Waals surface area contributed by atoms with Gasteiger partial charge in [-0.3, -0.25) is 0 Å². The third-order valence-electron chi connectivity index (χ3n) is 2.78. The first-order valence-corrected chi connectivity index (χ1v) is 7.34. The summed E-state index contributed by atoms with van der Waals surface area (Å²) in [5.74, 6) is 0.886. The Labute approximate surface area is 123 Å². The molecule has 2 rings (SSSR count). The Hall–Kier alpha value is -1.90. The molecule has 0 bridgehead atoms. The van der Waals surface area contributed by atoms with Gasteiger partial charge in [-0.25, -0.2) is 9.97 Å². The molecule has 5 heteroatoms. The molecule has 0 aliphatic carbocycles. The molecule has 0 saturated carbocycles. The quantitative estimate of drug-likeness (QED) is 0.763. The molecule has 0 aliphatic rings. The molecule has 4 nitrogen and oxygen atoms in total. The summed E-state index contributed by atoms with van der Waals surface area (Å²) >= 11 is 1.57. The summed E-state index contributed by atoms with van der Waals surface area (Å²) in [5.41, 5.74) is 1.71. The molecule has 1 heterocycles. The third-order valence-corrected chi connectivity index (χ3v) is 3.74. The smallest absolute Gasteiger partial charge is 0.172 e. The zero-order chi connectivity index (χ0) is 14.2. The monoisotopic (exact) mass is 284 g/mol. The molecule has 0 amide bonds. The Balaban J connectivity index is 1.80. The van der Waals surface area contributed by atoms with Gasteiger partial charge in [0.1, 0.15) is 11.1 Å². The fraction of sp³-hybridized carbons (Fsp3) is 0.267. The van der Waals surface area contributed by atoms with Crippen LogP contribution in [0.5, 0.6) is 0 Å². The van der Waals surface area contributed by atoms with Crippen molar-refractivity contribution in [1.29, 1.82) is 5.26 Å². The van der Waals surface area contributed by atoms with Crippen molar-refractivity contribution < 1.29 is 0 Å². The van der Waals surface area contributed by atoms with Crippen molar-refractivity contribution in [2.45, 2.75) is 11.6 Å². The molecule has 102 valence electrons. The largest absolute Gasteiger partial charge is 0.301 e. The lowest BCUT2D eigenvalue weighted by atomic mass is 10.2. The van der Waals surface area contributed by atoms with E-state index in [1.807, 2.05) is 6.07 Å². The molecule has 0 N–H and O–H groups in total. The van der Waals surface area contributed by atoms with Crippen molar-refractivity contribution in [3.63, 3.8) is 0 Å². The van der Waals surface area contributed by atoms with Crippen LogP contribution in [0.1, 0.15) is 11.3 Å². The molecule has 1 aromatic carbocycles. The maximum Gasteiger partial charge on any atom is 0.172 e. The standard InChI is InChI=1S/C15H16N4S/c1-19(12-13-5-3-2-4-6-13)9-10-20-15-14(11-16)17-7-8-18-15/h2-8H,9-10,12H2,1H3. The molecule has 0 fully saturated rings. The third kappa shape index (κ3) is 4.34. The van der Waals surface area contributed by atoms with Gasteiger partial charge in [-0.2, -0.15) is 5.26 Å². The summed E-state index contributed by atoms with van der Waals surface area (Å²) in [6.07, 6.45) is 3.17. The van der Waals surface area contributed by atoms with Crippen LogP contribution in [0.4, 0.5) is 0 Å². The lowest BCUT2D eigenvalue weighted by Crippen LogP contribution is -2.20. The summed E-state index contributed by atoms with van der Waals surface area (Å²) in [7, 11) is 2.09. The van der Waals surface area contributed by atoms with Crippen molar-refractivity contribution in [3.05, 3.63) is 54.0 Å². The van der Waals surface area contributed by atoms with Gasteiger partial charge in [0.25, 0.3) is 0 Å². The highest BCUT2D eigenvalue weighted by atomic mass is 32.2. The maximum atomic E-state index is 8.95. The predicted molar refractivity (Wildman–Crippen MR) is 80.2 cm³/mol. The van der Waals surface area contributed by atoms with Gasteiger partial charge in [0.2, 0.25) is 0 Å². The Morgan fingerprint density at radius 2 is 1.95 bits per heavy atom. The van der Waals surface area contributed by atoms with E-state index in [0.717, 1.165) is 18.8 Å². The number of nitrogens with zero attached hydrogens (tertiary/aromatic N) is 4. The van der Waals surface area contributed by atoms with Gasteiger partial charge < -0.3 is 4.90 Å². The van der Waals surface area contributed by atoms with Gasteiger partial charge in [0, 0.05) is 31.2 Å². The Kier molecular flexibility index (Phi) is 5.54. The number of hydrogen-bond donors (Lipinski definition) is 0. The highest BCUT2D eigenvalue weighted by Gasteiger charge is 2.06. The highest BCUT2D eigenvalue weighted by molar-refractivity contribution is 7.99. The first-order valence-electron chi connectivity index (χ1n) is 6.36. The van der Waals surface area contributed by atoms with Crippen LogP contribution in [0.15, 0.2) is 47.8 Å². The van der Waals surface area contributed by atoms with Crippen LogP contribution in [0, 0.1) is 11.3 Å². The summed E-state index contributed by atoms with van der Waals surface area (Å²) in [6, 6.07) is 12.4. The lowest BCUT2D eigenvalue weighted by molar-refractivity contribution is 0.348. The summed E-state index contributed by atoms with van der Waals surface area (Å²) < 4.78 is 0. The molecular formula is C15H16N4S. The summed E-state index contributed by atoms with van der Waals surface area (Å²) in [5, 5.41) is 9.66.